The van der Waals surface area contributed by atoms with Crippen LogP contribution >= 0.6 is 15.9 Å². The van der Waals surface area contributed by atoms with Crippen molar-refractivity contribution >= 4 is 27.7 Å². The van der Waals surface area contributed by atoms with Crippen molar-refractivity contribution in [2.45, 2.75) is 38.5 Å². The third kappa shape index (κ3) is 3.94. The number of ether oxygens (including phenoxy) is 2. The zero-order valence-corrected chi connectivity index (χ0v) is 19.2. The van der Waals surface area contributed by atoms with E-state index in [1.54, 1.807) is 20.3 Å². The zero-order chi connectivity index (χ0) is 22.1. The molecule has 0 fully saturated rings. The number of hydrogen-bond acceptors (Lipinski definition) is 6. The normalized spacial score (nSPS) is 21.0. The molecule has 0 amide bonds. The first-order chi connectivity index (χ1) is 14.9. The second-order valence-corrected chi connectivity index (χ2v) is 8.50. The lowest BCUT2D eigenvalue weighted by Gasteiger charge is -2.36. The number of ketones is 1. The van der Waals surface area contributed by atoms with Crippen molar-refractivity contribution in [1.29, 1.82) is 0 Å². The minimum Gasteiger partial charge on any atom is -0.496 e. The number of carbonyl (C=O) groups excluding carboxylic acids is 2. The van der Waals surface area contributed by atoms with Gasteiger partial charge in [0.1, 0.15) is 11.5 Å². The summed E-state index contributed by atoms with van der Waals surface area (Å²) >= 11 is 3.53. The van der Waals surface area contributed by atoms with E-state index in [9.17, 15) is 9.59 Å². The Hall–Kier alpha value is -2.80. The number of furan rings is 1. The van der Waals surface area contributed by atoms with Gasteiger partial charge in [-0.05, 0) is 66.0 Å². The fourth-order valence-electron chi connectivity index (χ4n) is 4.44. The highest BCUT2D eigenvalue weighted by Gasteiger charge is 2.42. The van der Waals surface area contributed by atoms with E-state index in [4.69, 9.17) is 13.9 Å². The lowest BCUT2D eigenvalue weighted by atomic mass is 9.72. The van der Waals surface area contributed by atoms with Gasteiger partial charge in [0.25, 0.3) is 0 Å². The Kier molecular flexibility index (Phi) is 6.05. The minimum atomic E-state index is -0.512. The number of esters is 1. The number of rotatable bonds is 5. The van der Waals surface area contributed by atoms with Gasteiger partial charge >= 0.3 is 5.97 Å². The lowest BCUT2D eigenvalue weighted by molar-refractivity contribution is -0.138. The van der Waals surface area contributed by atoms with E-state index in [0.717, 1.165) is 21.5 Å². The van der Waals surface area contributed by atoms with Gasteiger partial charge in [-0.15, -0.1) is 0 Å². The molecule has 0 radical (unpaired) electrons. The van der Waals surface area contributed by atoms with Gasteiger partial charge in [0, 0.05) is 35.2 Å². The molecule has 1 aromatic carbocycles. The average molecular weight is 486 g/mol. The molecule has 0 unspecified atom stereocenters. The average Bonchev–Trinajstić information content (AvgIpc) is 3.27. The Balaban J connectivity index is 1.83. The smallest absolute Gasteiger partial charge is 0.336 e. The van der Waals surface area contributed by atoms with E-state index in [2.05, 4.69) is 21.2 Å². The van der Waals surface area contributed by atoms with Crippen molar-refractivity contribution in [3.63, 3.8) is 0 Å². The van der Waals surface area contributed by atoms with Gasteiger partial charge < -0.3 is 19.2 Å². The summed E-state index contributed by atoms with van der Waals surface area (Å²) < 4.78 is 17.0. The highest BCUT2D eigenvalue weighted by molar-refractivity contribution is 9.10. The van der Waals surface area contributed by atoms with Crippen LogP contribution in [0.1, 0.15) is 49.8 Å². The number of allylic oxidation sites excluding steroid dienone is 3. The topological polar surface area (TPSA) is 77.8 Å². The van der Waals surface area contributed by atoms with Gasteiger partial charge in [0.05, 0.1) is 30.0 Å². The van der Waals surface area contributed by atoms with E-state index in [-0.39, 0.29) is 18.3 Å². The summed E-state index contributed by atoms with van der Waals surface area (Å²) in [5, 5.41) is 3.33. The van der Waals surface area contributed by atoms with Crippen LogP contribution in [0.15, 0.2) is 68.0 Å². The number of benzene rings is 1. The molecule has 0 bridgehead atoms. The number of nitrogens with one attached hydrogen (secondary N) is 1. The first-order valence-electron chi connectivity index (χ1n) is 10.2. The van der Waals surface area contributed by atoms with E-state index in [1.165, 1.54) is 0 Å². The monoisotopic (exact) mass is 485 g/mol. The summed E-state index contributed by atoms with van der Waals surface area (Å²) in [5.41, 5.74) is 3.44. The number of methoxy groups -OCH3 is 1. The van der Waals surface area contributed by atoms with Crippen LogP contribution in [0.4, 0.5) is 0 Å². The van der Waals surface area contributed by atoms with Gasteiger partial charge in [-0.3, -0.25) is 4.79 Å². The first kappa shape index (κ1) is 21.4. The Labute approximate surface area is 189 Å². The molecule has 1 aliphatic heterocycles. The molecule has 4 rings (SSSR count). The zero-order valence-electron chi connectivity index (χ0n) is 17.7. The summed E-state index contributed by atoms with van der Waals surface area (Å²) in [6.45, 7) is 3.88. The molecule has 0 saturated carbocycles. The van der Waals surface area contributed by atoms with Crippen molar-refractivity contribution < 1.29 is 23.5 Å². The van der Waals surface area contributed by atoms with Gasteiger partial charge in [0.15, 0.2) is 5.78 Å². The van der Waals surface area contributed by atoms with Crippen LogP contribution in [0.2, 0.25) is 0 Å². The van der Waals surface area contributed by atoms with Crippen LogP contribution < -0.4 is 10.1 Å². The maximum Gasteiger partial charge on any atom is 0.336 e. The third-order valence-electron chi connectivity index (χ3n) is 5.78. The Bertz CT molecular complexity index is 1080. The molecule has 0 spiro atoms. The van der Waals surface area contributed by atoms with Crippen LogP contribution in [0.25, 0.3) is 0 Å². The molecular formula is C24H24BrNO5. The molecule has 1 aromatic heterocycles. The highest BCUT2D eigenvalue weighted by Crippen LogP contribution is 2.46. The fraction of sp³-hybridized carbons (Fsp3) is 0.333. The SMILES string of the molecule is CCOC(=O)C1=C(C)NC2=C(C(=O)C[C@H](c3ccco3)C2)[C@H]1c1ccc(OC)c(Br)c1. The Morgan fingerprint density at radius 1 is 1.29 bits per heavy atom. The van der Waals surface area contributed by atoms with E-state index < -0.39 is 11.9 Å². The van der Waals surface area contributed by atoms with Crippen molar-refractivity contribution in [3.8, 4) is 5.75 Å². The van der Waals surface area contributed by atoms with Crippen molar-refractivity contribution in [1.82, 2.24) is 5.32 Å². The summed E-state index contributed by atoms with van der Waals surface area (Å²) in [4.78, 5) is 26.3. The molecule has 2 aliphatic rings. The van der Waals surface area contributed by atoms with Crippen LogP contribution in [0.3, 0.4) is 0 Å². The summed E-state index contributed by atoms with van der Waals surface area (Å²) in [6.07, 6.45) is 2.59. The molecule has 0 saturated heterocycles. The Morgan fingerprint density at radius 2 is 2.10 bits per heavy atom. The summed E-state index contributed by atoms with van der Waals surface area (Å²) in [7, 11) is 1.60. The Morgan fingerprint density at radius 3 is 2.74 bits per heavy atom. The van der Waals surface area contributed by atoms with Gasteiger partial charge in [0.2, 0.25) is 0 Å². The van der Waals surface area contributed by atoms with E-state index in [1.807, 2.05) is 37.3 Å². The maximum absolute atomic E-state index is 13.4. The number of carbonyl (C=O) groups is 2. The quantitative estimate of drug-likeness (QED) is 0.602. The molecule has 2 heterocycles. The van der Waals surface area contributed by atoms with Crippen molar-refractivity contribution in [3.05, 3.63) is 74.9 Å². The molecule has 6 nitrogen and oxygen atoms in total. The van der Waals surface area contributed by atoms with E-state index in [0.29, 0.717) is 35.4 Å². The second kappa shape index (κ2) is 8.75. The molecule has 31 heavy (non-hydrogen) atoms. The molecule has 7 heteroatoms. The number of dihydropyridines is 1. The number of hydrogen-bond donors (Lipinski definition) is 1. The molecule has 1 aliphatic carbocycles. The highest BCUT2D eigenvalue weighted by atomic mass is 79.9. The van der Waals surface area contributed by atoms with Crippen LogP contribution in [-0.2, 0) is 14.3 Å². The molecule has 1 N–H and O–H groups in total. The number of Topliss-reactive ketones (excluding diaryl/α,β-unsaturated/α-hetero) is 1. The minimum absolute atomic E-state index is 0.00129. The first-order valence-corrected chi connectivity index (χ1v) is 11.0. The van der Waals surface area contributed by atoms with Gasteiger partial charge in [-0.1, -0.05) is 6.07 Å². The maximum atomic E-state index is 13.4. The number of halogens is 1. The fourth-order valence-corrected chi connectivity index (χ4v) is 5.00. The van der Waals surface area contributed by atoms with Crippen molar-refractivity contribution in [2.24, 2.45) is 0 Å². The van der Waals surface area contributed by atoms with Crippen LogP contribution in [-0.4, -0.2) is 25.5 Å². The molecule has 162 valence electrons. The van der Waals surface area contributed by atoms with Crippen LogP contribution in [0.5, 0.6) is 5.75 Å². The standard InChI is InChI=1S/C24H24BrNO5/c1-4-30-24(28)21-13(2)26-17-11-15(19-6-5-9-31-19)12-18(27)23(17)22(21)14-7-8-20(29-3)16(25)10-14/h5-10,15,22,26H,4,11-12H2,1-3H3/t15-,22+/m1/s1. The van der Waals surface area contributed by atoms with E-state index >= 15 is 0 Å². The van der Waals surface area contributed by atoms with Crippen molar-refractivity contribution in [2.75, 3.05) is 13.7 Å². The van der Waals surface area contributed by atoms with Gasteiger partial charge in [-0.25, -0.2) is 4.79 Å². The molecular weight excluding hydrogens is 462 g/mol. The largest absolute Gasteiger partial charge is 0.496 e. The predicted molar refractivity (Wildman–Crippen MR) is 119 cm³/mol. The lowest BCUT2D eigenvalue weighted by Crippen LogP contribution is -2.36. The second-order valence-electron chi connectivity index (χ2n) is 7.65. The third-order valence-corrected chi connectivity index (χ3v) is 6.40. The van der Waals surface area contributed by atoms with Crippen LogP contribution in [0, 0.1) is 0 Å². The predicted octanol–water partition coefficient (Wildman–Crippen LogP) is 4.98. The summed E-state index contributed by atoms with van der Waals surface area (Å²) in [6, 6.07) is 9.36. The molecule has 2 aromatic rings. The molecule has 2 atom stereocenters. The van der Waals surface area contributed by atoms with Gasteiger partial charge in [-0.2, -0.15) is 0 Å². The summed E-state index contributed by atoms with van der Waals surface area (Å²) in [5.74, 6) is 0.510.